The maximum atomic E-state index is 12.8. The van der Waals surface area contributed by atoms with E-state index in [9.17, 15) is 4.79 Å². The molecule has 2 aliphatic rings. The van der Waals surface area contributed by atoms with Gasteiger partial charge < -0.3 is 9.64 Å². The molecule has 2 fully saturated rings. The first-order valence-electron chi connectivity index (χ1n) is 8.52. The lowest BCUT2D eigenvalue weighted by Gasteiger charge is -2.37. The van der Waals surface area contributed by atoms with Crippen LogP contribution in [0.1, 0.15) is 39.0 Å². The van der Waals surface area contributed by atoms with Gasteiger partial charge in [-0.15, -0.1) is 5.10 Å². The topological polar surface area (TPSA) is 60.2 Å². The highest BCUT2D eigenvalue weighted by Gasteiger charge is 2.35. The van der Waals surface area contributed by atoms with Crippen molar-refractivity contribution in [3.8, 4) is 0 Å². The Balaban J connectivity index is 1.51. The smallest absolute Gasteiger partial charge is 0.228 e. The van der Waals surface area contributed by atoms with Crippen LogP contribution in [0, 0.1) is 11.8 Å². The SMILES string of the molecule is CC[C@H]1OCCC[C@@H]1C(=O)N1CCC(Cn2ccnn2)CC1. The van der Waals surface area contributed by atoms with Gasteiger partial charge in [-0.1, -0.05) is 12.1 Å². The predicted molar refractivity (Wildman–Crippen MR) is 82.1 cm³/mol. The van der Waals surface area contributed by atoms with Gasteiger partial charge in [-0.3, -0.25) is 9.48 Å². The van der Waals surface area contributed by atoms with Gasteiger partial charge in [0.2, 0.25) is 5.91 Å². The Morgan fingerprint density at radius 1 is 1.32 bits per heavy atom. The normalized spacial score (nSPS) is 27.0. The number of nitrogens with zero attached hydrogens (tertiary/aromatic N) is 4. The van der Waals surface area contributed by atoms with Crippen LogP contribution in [0.3, 0.4) is 0 Å². The van der Waals surface area contributed by atoms with Crippen molar-refractivity contribution in [3.63, 3.8) is 0 Å². The van der Waals surface area contributed by atoms with E-state index in [1.54, 1.807) is 6.20 Å². The third kappa shape index (κ3) is 3.48. The minimum atomic E-state index is 0.0746. The molecule has 3 rings (SSSR count). The fourth-order valence-electron chi connectivity index (χ4n) is 3.69. The molecule has 2 atom stereocenters. The molecule has 3 heterocycles. The van der Waals surface area contributed by atoms with Gasteiger partial charge in [0.1, 0.15) is 0 Å². The lowest BCUT2D eigenvalue weighted by atomic mass is 9.89. The standard InChI is InChI=1S/C16H26N4O2/c1-2-15-14(4-3-11-22-15)16(21)19-8-5-13(6-9-19)12-20-10-7-17-18-20/h7,10,13-15H,2-6,8-9,11-12H2,1H3/t14-,15+/m0/s1. The number of hydrogen-bond donors (Lipinski definition) is 0. The highest BCUT2D eigenvalue weighted by atomic mass is 16.5. The van der Waals surface area contributed by atoms with E-state index in [2.05, 4.69) is 22.1 Å². The predicted octanol–water partition coefficient (Wildman–Crippen LogP) is 1.72. The monoisotopic (exact) mass is 306 g/mol. The van der Waals surface area contributed by atoms with E-state index in [4.69, 9.17) is 4.74 Å². The maximum absolute atomic E-state index is 12.8. The van der Waals surface area contributed by atoms with Gasteiger partial charge >= 0.3 is 0 Å². The van der Waals surface area contributed by atoms with Gasteiger partial charge in [0.25, 0.3) is 0 Å². The van der Waals surface area contributed by atoms with Crippen LogP contribution in [0.4, 0.5) is 0 Å². The van der Waals surface area contributed by atoms with Crippen LogP contribution >= 0.6 is 0 Å². The number of aromatic nitrogens is 3. The molecule has 0 spiro atoms. The molecule has 122 valence electrons. The molecule has 1 aromatic heterocycles. The van der Waals surface area contributed by atoms with Crippen molar-refractivity contribution in [2.45, 2.75) is 51.7 Å². The number of ether oxygens (including phenoxy) is 1. The highest BCUT2D eigenvalue weighted by molar-refractivity contribution is 5.79. The van der Waals surface area contributed by atoms with Crippen LogP contribution in [0.25, 0.3) is 0 Å². The molecular weight excluding hydrogens is 280 g/mol. The molecule has 1 aromatic rings. The van der Waals surface area contributed by atoms with Crippen molar-refractivity contribution in [2.75, 3.05) is 19.7 Å². The molecule has 6 heteroatoms. The second kappa shape index (κ2) is 7.22. The number of hydrogen-bond acceptors (Lipinski definition) is 4. The Hall–Kier alpha value is -1.43. The number of carbonyl (C=O) groups excluding carboxylic acids is 1. The van der Waals surface area contributed by atoms with Crippen molar-refractivity contribution in [1.82, 2.24) is 19.9 Å². The summed E-state index contributed by atoms with van der Waals surface area (Å²) in [6.07, 6.45) is 8.76. The molecule has 0 N–H and O–H groups in total. The van der Waals surface area contributed by atoms with Crippen molar-refractivity contribution in [3.05, 3.63) is 12.4 Å². The molecule has 2 aliphatic heterocycles. The van der Waals surface area contributed by atoms with E-state index in [-0.39, 0.29) is 12.0 Å². The summed E-state index contributed by atoms with van der Waals surface area (Å²) in [6, 6.07) is 0. The van der Waals surface area contributed by atoms with E-state index in [1.165, 1.54) is 0 Å². The Morgan fingerprint density at radius 2 is 2.14 bits per heavy atom. The van der Waals surface area contributed by atoms with Gasteiger partial charge in [0, 0.05) is 32.4 Å². The van der Waals surface area contributed by atoms with Gasteiger partial charge in [-0.05, 0) is 38.0 Å². The third-order valence-corrected chi connectivity index (χ3v) is 5.00. The average molecular weight is 306 g/mol. The summed E-state index contributed by atoms with van der Waals surface area (Å²) in [6.45, 7) is 5.56. The van der Waals surface area contributed by atoms with Crippen LogP contribution in [0.2, 0.25) is 0 Å². The molecule has 0 unspecified atom stereocenters. The molecule has 2 saturated heterocycles. The Morgan fingerprint density at radius 3 is 2.82 bits per heavy atom. The van der Waals surface area contributed by atoms with Crippen LogP contribution in [-0.4, -0.2) is 51.6 Å². The zero-order valence-corrected chi connectivity index (χ0v) is 13.4. The van der Waals surface area contributed by atoms with Crippen molar-refractivity contribution >= 4 is 5.91 Å². The Labute approximate surface area is 131 Å². The van der Waals surface area contributed by atoms with E-state index < -0.39 is 0 Å². The molecule has 0 bridgehead atoms. The molecule has 0 aromatic carbocycles. The minimum Gasteiger partial charge on any atom is -0.377 e. The molecular formula is C16H26N4O2. The average Bonchev–Trinajstić information content (AvgIpc) is 3.08. The first kappa shape index (κ1) is 15.5. The van der Waals surface area contributed by atoms with Gasteiger partial charge in [-0.2, -0.15) is 0 Å². The number of piperidine rings is 1. The second-order valence-corrected chi connectivity index (χ2v) is 6.46. The first-order valence-corrected chi connectivity index (χ1v) is 8.52. The quantitative estimate of drug-likeness (QED) is 0.850. The minimum absolute atomic E-state index is 0.0746. The Bertz CT molecular complexity index is 469. The third-order valence-electron chi connectivity index (χ3n) is 5.00. The first-order chi connectivity index (χ1) is 10.8. The summed E-state index contributed by atoms with van der Waals surface area (Å²) in [4.78, 5) is 14.8. The number of amides is 1. The fourth-order valence-corrected chi connectivity index (χ4v) is 3.69. The van der Waals surface area contributed by atoms with Crippen LogP contribution in [-0.2, 0) is 16.1 Å². The van der Waals surface area contributed by atoms with E-state index in [1.807, 2.05) is 10.9 Å². The van der Waals surface area contributed by atoms with Gasteiger partial charge in [-0.25, -0.2) is 0 Å². The Kier molecular flexibility index (Phi) is 5.08. The van der Waals surface area contributed by atoms with Crippen LogP contribution in [0.5, 0.6) is 0 Å². The van der Waals surface area contributed by atoms with E-state index in [0.717, 1.165) is 58.3 Å². The summed E-state index contributed by atoms with van der Waals surface area (Å²) >= 11 is 0. The van der Waals surface area contributed by atoms with Crippen molar-refractivity contribution in [1.29, 1.82) is 0 Å². The number of rotatable bonds is 4. The number of likely N-dealkylation sites (tertiary alicyclic amines) is 1. The molecule has 0 aliphatic carbocycles. The van der Waals surface area contributed by atoms with Crippen LogP contribution < -0.4 is 0 Å². The molecule has 0 radical (unpaired) electrons. The zero-order valence-electron chi connectivity index (χ0n) is 13.4. The zero-order chi connectivity index (χ0) is 15.4. The van der Waals surface area contributed by atoms with E-state index >= 15 is 0 Å². The lowest BCUT2D eigenvalue weighted by Crippen LogP contribution is -2.47. The lowest BCUT2D eigenvalue weighted by molar-refractivity contribution is -0.146. The largest absolute Gasteiger partial charge is 0.377 e. The summed E-state index contributed by atoms with van der Waals surface area (Å²) in [5, 5.41) is 7.87. The maximum Gasteiger partial charge on any atom is 0.228 e. The summed E-state index contributed by atoms with van der Waals surface area (Å²) in [7, 11) is 0. The van der Waals surface area contributed by atoms with Crippen molar-refractivity contribution in [2.24, 2.45) is 11.8 Å². The molecule has 22 heavy (non-hydrogen) atoms. The highest BCUT2D eigenvalue weighted by Crippen LogP contribution is 2.27. The molecule has 0 saturated carbocycles. The van der Waals surface area contributed by atoms with Gasteiger partial charge in [0.15, 0.2) is 0 Å². The fraction of sp³-hybridized carbons (Fsp3) is 0.812. The summed E-state index contributed by atoms with van der Waals surface area (Å²) < 4.78 is 7.67. The molecule has 6 nitrogen and oxygen atoms in total. The van der Waals surface area contributed by atoms with E-state index in [0.29, 0.717) is 11.8 Å². The van der Waals surface area contributed by atoms with Crippen molar-refractivity contribution < 1.29 is 9.53 Å². The second-order valence-electron chi connectivity index (χ2n) is 6.46. The van der Waals surface area contributed by atoms with Gasteiger partial charge in [0.05, 0.1) is 18.2 Å². The van der Waals surface area contributed by atoms with Crippen LogP contribution in [0.15, 0.2) is 12.4 Å². The summed E-state index contributed by atoms with van der Waals surface area (Å²) in [5.41, 5.74) is 0. The number of carbonyl (C=O) groups is 1. The summed E-state index contributed by atoms with van der Waals surface area (Å²) in [5.74, 6) is 0.978. The molecule has 1 amide bonds.